The molecule has 0 atom stereocenters. The van der Waals surface area contributed by atoms with Crippen molar-refractivity contribution < 1.29 is 9.53 Å². The van der Waals surface area contributed by atoms with E-state index in [4.69, 9.17) is 10.5 Å². The molecule has 1 amide bonds. The fraction of sp³-hybridized carbons (Fsp3) is 0.278. The van der Waals surface area contributed by atoms with Crippen LogP contribution in [0.4, 0.5) is 11.4 Å². The number of nitrogens with two attached hydrogens (primary N) is 1. The molecule has 0 aromatic heterocycles. The van der Waals surface area contributed by atoms with Crippen LogP contribution < -0.4 is 15.4 Å². The van der Waals surface area contributed by atoms with E-state index in [0.29, 0.717) is 24.3 Å². The normalized spacial score (nSPS) is 13.5. The van der Waals surface area contributed by atoms with Gasteiger partial charge in [-0.25, -0.2) is 0 Å². The first-order chi connectivity index (χ1) is 11.2. The first kappa shape index (κ1) is 20.9. The van der Waals surface area contributed by atoms with Gasteiger partial charge in [0.05, 0.1) is 12.8 Å². The van der Waals surface area contributed by atoms with Crippen molar-refractivity contribution >= 4 is 42.1 Å². The lowest BCUT2D eigenvalue weighted by atomic mass is 10.1. The minimum atomic E-state index is 0. The van der Waals surface area contributed by atoms with E-state index in [-0.39, 0.29) is 30.7 Å². The van der Waals surface area contributed by atoms with Crippen LogP contribution in [0.5, 0.6) is 5.75 Å². The number of nitrogen functional groups attached to an aromatic ring is 1. The Bertz CT molecular complexity index is 704. The number of carbonyl (C=O) groups excluding carboxylic acids is 1. The molecule has 1 saturated heterocycles. The molecule has 1 fully saturated rings. The Kier molecular flexibility index (Phi) is 7.87. The van der Waals surface area contributed by atoms with E-state index < -0.39 is 0 Å². The van der Waals surface area contributed by atoms with Crippen LogP contribution in [0, 0.1) is 0 Å². The monoisotopic (exact) mass is 383 g/mol. The SMILES string of the molecule is COc1ccccc1N1CCN(C(=O)c2cccc(N)c2)CC1.Cl.Cl. The van der Waals surface area contributed by atoms with Crippen molar-refractivity contribution in [1.29, 1.82) is 0 Å². The predicted octanol–water partition coefficient (Wildman–Crippen LogP) is 3.08. The number of hydrogen-bond acceptors (Lipinski definition) is 4. The molecule has 0 spiro atoms. The number of hydrogen-bond donors (Lipinski definition) is 1. The summed E-state index contributed by atoms with van der Waals surface area (Å²) in [6.07, 6.45) is 0. The van der Waals surface area contributed by atoms with Gasteiger partial charge in [-0.3, -0.25) is 4.79 Å². The lowest BCUT2D eigenvalue weighted by Crippen LogP contribution is -2.48. The fourth-order valence-corrected chi connectivity index (χ4v) is 2.90. The molecule has 3 rings (SSSR count). The van der Waals surface area contributed by atoms with Crippen molar-refractivity contribution in [2.75, 3.05) is 43.9 Å². The summed E-state index contributed by atoms with van der Waals surface area (Å²) < 4.78 is 5.42. The molecule has 0 radical (unpaired) electrons. The van der Waals surface area contributed by atoms with E-state index in [1.54, 1.807) is 19.2 Å². The van der Waals surface area contributed by atoms with Crippen molar-refractivity contribution in [2.45, 2.75) is 0 Å². The molecule has 2 aromatic carbocycles. The molecular formula is C18H23Cl2N3O2. The molecule has 1 heterocycles. The number of anilines is 2. The lowest BCUT2D eigenvalue weighted by Gasteiger charge is -2.36. The van der Waals surface area contributed by atoms with E-state index in [1.807, 2.05) is 41.3 Å². The Morgan fingerprint density at radius 1 is 1.00 bits per heavy atom. The van der Waals surface area contributed by atoms with Gasteiger partial charge in [0.2, 0.25) is 0 Å². The smallest absolute Gasteiger partial charge is 0.254 e. The fourth-order valence-electron chi connectivity index (χ4n) is 2.90. The van der Waals surface area contributed by atoms with Crippen molar-refractivity contribution in [1.82, 2.24) is 4.90 Å². The molecule has 0 saturated carbocycles. The Morgan fingerprint density at radius 3 is 2.32 bits per heavy atom. The average molecular weight is 384 g/mol. The third-order valence-corrected chi connectivity index (χ3v) is 4.13. The van der Waals surface area contributed by atoms with Gasteiger partial charge in [-0.05, 0) is 30.3 Å². The van der Waals surface area contributed by atoms with Gasteiger partial charge in [0.15, 0.2) is 0 Å². The molecule has 1 aliphatic heterocycles. The van der Waals surface area contributed by atoms with E-state index in [9.17, 15) is 4.79 Å². The second-order valence-electron chi connectivity index (χ2n) is 5.58. The van der Waals surface area contributed by atoms with Crippen LogP contribution in [0.3, 0.4) is 0 Å². The van der Waals surface area contributed by atoms with Crippen LogP contribution in [-0.2, 0) is 0 Å². The maximum Gasteiger partial charge on any atom is 0.254 e. The Labute approximate surface area is 160 Å². The lowest BCUT2D eigenvalue weighted by molar-refractivity contribution is 0.0746. The number of ether oxygens (including phenoxy) is 1. The third-order valence-electron chi connectivity index (χ3n) is 4.13. The van der Waals surface area contributed by atoms with Crippen molar-refractivity contribution in [3.8, 4) is 5.75 Å². The Hall–Kier alpha value is -2.11. The summed E-state index contributed by atoms with van der Waals surface area (Å²) in [6.45, 7) is 2.94. The number of carbonyl (C=O) groups is 1. The van der Waals surface area contributed by atoms with Crippen molar-refractivity contribution in [3.63, 3.8) is 0 Å². The van der Waals surface area contributed by atoms with Gasteiger partial charge >= 0.3 is 0 Å². The van der Waals surface area contributed by atoms with Crippen LogP contribution in [0.15, 0.2) is 48.5 Å². The summed E-state index contributed by atoms with van der Waals surface area (Å²) >= 11 is 0. The summed E-state index contributed by atoms with van der Waals surface area (Å²) in [7, 11) is 1.68. The summed E-state index contributed by atoms with van der Waals surface area (Å²) in [5.41, 5.74) is 8.10. The molecule has 2 aromatic rings. The molecule has 2 N–H and O–H groups in total. The number of halogens is 2. The summed E-state index contributed by atoms with van der Waals surface area (Å²) in [5.74, 6) is 0.903. The van der Waals surface area contributed by atoms with Crippen LogP contribution >= 0.6 is 24.8 Å². The maximum atomic E-state index is 12.5. The van der Waals surface area contributed by atoms with E-state index in [0.717, 1.165) is 24.5 Å². The van der Waals surface area contributed by atoms with Crippen LogP contribution in [0.2, 0.25) is 0 Å². The van der Waals surface area contributed by atoms with Crippen LogP contribution in [-0.4, -0.2) is 44.1 Å². The van der Waals surface area contributed by atoms with Crippen molar-refractivity contribution in [2.24, 2.45) is 0 Å². The zero-order valence-electron chi connectivity index (χ0n) is 14.1. The minimum Gasteiger partial charge on any atom is -0.495 e. The van der Waals surface area contributed by atoms with Gasteiger partial charge < -0.3 is 20.3 Å². The van der Waals surface area contributed by atoms with Crippen LogP contribution in [0.1, 0.15) is 10.4 Å². The maximum absolute atomic E-state index is 12.5. The Balaban J connectivity index is 0.00000156. The summed E-state index contributed by atoms with van der Waals surface area (Å²) in [6, 6.07) is 15.1. The standard InChI is InChI=1S/C18H21N3O2.2ClH/c1-23-17-8-3-2-7-16(17)20-9-11-21(12-10-20)18(22)14-5-4-6-15(19)13-14;;/h2-8,13H,9-12,19H2,1H3;2*1H. The van der Waals surface area contributed by atoms with Crippen molar-refractivity contribution in [3.05, 3.63) is 54.1 Å². The molecule has 5 nitrogen and oxygen atoms in total. The zero-order valence-corrected chi connectivity index (χ0v) is 15.7. The van der Waals surface area contributed by atoms with E-state index >= 15 is 0 Å². The molecule has 1 aliphatic rings. The molecular weight excluding hydrogens is 361 g/mol. The van der Waals surface area contributed by atoms with Gasteiger partial charge in [0.25, 0.3) is 5.91 Å². The number of benzene rings is 2. The van der Waals surface area contributed by atoms with Gasteiger partial charge in [-0.15, -0.1) is 24.8 Å². The topological polar surface area (TPSA) is 58.8 Å². The highest BCUT2D eigenvalue weighted by atomic mass is 35.5. The van der Waals surface area contributed by atoms with Gasteiger partial charge in [0.1, 0.15) is 5.75 Å². The van der Waals surface area contributed by atoms with E-state index in [1.165, 1.54) is 0 Å². The number of methoxy groups -OCH3 is 1. The average Bonchev–Trinajstić information content (AvgIpc) is 2.61. The highest BCUT2D eigenvalue weighted by Gasteiger charge is 2.23. The molecule has 25 heavy (non-hydrogen) atoms. The summed E-state index contributed by atoms with van der Waals surface area (Å²) in [4.78, 5) is 16.7. The van der Waals surface area contributed by atoms with Gasteiger partial charge in [-0.2, -0.15) is 0 Å². The molecule has 0 aliphatic carbocycles. The number of rotatable bonds is 3. The number of amides is 1. The minimum absolute atomic E-state index is 0. The van der Waals surface area contributed by atoms with Gasteiger partial charge in [0, 0.05) is 37.4 Å². The molecule has 7 heteroatoms. The second-order valence-corrected chi connectivity index (χ2v) is 5.58. The highest BCUT2D eigenvalue weighted by Crippen LogP contribution is 2.28. The van der Waals surface area contributed by atoms with Gasteiger partial charge in [-0.1, -0.05) is 18.2 Å². The predicted molar refractivity (Wildman–Crippen MR) is 106 cm³/mol. The number of nitrogens with zero attached hydrogens (tertiary/aromatic N) is 2. The largest absolute Gasteiger partial charge is 0.495 e. The zero-order chi connectivity index (χ0) is 16.2. The summed E-state index contributed by atoms with van der Waals surface area (Å²) in [5, 5.41) is 0. The number of para-hydroxylation sites is 2. The Morgan fingerprint density at radius 2 is 1.68 bits per heavy atom. The molecule has 0 bridgehead atoms. The van der Waals surface area contributed by atoms with E-state index in [2.05, 4.69) is 4.90 Å². The van der Waals surface area contributed by atoms with Crippen LogP contribution in [0.25, 0.3) is 0 Å². The quantitative estimate of drug-likeness (QED) is 0.827. The number of piperazine rings is 1. The highest BCUT2D eigenvalue weighted by molar-refractivity contribution is 5.95. The first-order valence-corrected chi connectivity index (χ1v) is 7.72. The molecule has 136 valence electrons. The first-order valence-electron chi connectivity index (χ1n) is 7.72. The third kappa shape index (κ3) is 4.71. The second kappa shape index (κ2) is 9.39. The molecule has 0 unspecified atom stereocenters.